The third-order valence-corrected chi connectivity index (χ3v) is 3.27. The molecule has 118 valence electrons. The highest BCUT2D eigenvalue weighted by Gasteiger charge is 2.05. The van der Waals surface area contributed by atoms with Gasteiger partial charge in [-0.05, 0) is 19.0 Å². The van der Waals surface area contributed by atoms with E-state index < -0.39 is 0 Å². The standard InChI is InChI=1S/C18H30N2O/c1-5-11-20(12-6-2)13-14-21-18-10-8-7-9-17(18)15-19-16(3)4/h5,7-10,16,19H,1,6,11-15H2,2-4H3. The lowest BCUT2D eigenvalue weighted by molar-refractivity contribution is 0.221. The second-order valence-electron chi connectivity index (χ2n) is 5.58. The number of benzene rings is 1. The largest absolute Gasteiger partial charge is 0.492 e. The van der Waals surface area contributed by atoms with Crippen LogP contribution in [0.5, 0.6) is 5.75 Å². The van der Waals surface area contributed by atoms with Gasteiger partial charge in [-0.15, -0.1) is 6.58 Å². The molecule has 0 fully saturated rings. The van der Waals surface area contributed by atoms with Gasteiger partial charge in [0.25, 0.3) is 0 Å². The SMILES string of the molecule is C=CCN(CCC)CCOc1ccccc1CNC(C)C. The molecule has 21 heavy (non-hydrogen) atoms. The summed E-state index contributed by atoms with van der Waals surface area (Å²) in [5.41, 5.74) is 1.22. The lowest BCUT2D eigenvalue weighted by Crippen LogP contribution is -2.29. The van der Waals surface area contributed by atoms with Crippen LogP contribution < -0.4 is 10.1 Å². The molecular weight excluding hydrogens is 260 g/mol. The molecule has 1 aromatic rings. The van der Waals surface area contributed by atoms with E-state index in [9.17, 15) is 0 Å². The zero-order valence-corrected chi connectivity index (χ0v) is 13.8. The first kappa shape index (κ1) is 17.7. The van der Waals surface area contributed by atoms with Gasteiger partial charge in [-0.1, -0.05) is 45.0 Å². The van der Waals surface area contributed by atoms with E-state index in [1.807, 2.05) is 12.1 Å². The molecule has 0 aliphatic heterocycles. The zero-order chi connectivity index (χ0) is 15.5. The van der Waals surface area contributed by atoms with E-state index in [0.29, 0.717) is 12.6 Å². The fourth-order valence-electron chi connectivity index (χ4n) is 2.18. The van der Waals surface area contributed by atoms with E-state index in [0.717, 1.165) is 38.3 Å². The molecule has 0 amide bonds. The van der Waals surface area contributed by atoms with Crippen LogP contribution in [0.4, 0.5) is 0 Å². The third-order valence-electron chi connectivity index (χ3n) is 3.27. The van der Waals surface area contributed by atoms with Crippen LogP contribution in [0.25, 0.3) is 0 Å². The quantitative estimate of drug-likeness (QED) is 0.632. The molecule has 0 spiro atoms. The first-order valence-corrected chi connectivity index (χ1v) is 7.94. The van der Waals surface area contributed by atoms with Gasteiger partial charge in [0, 0.05) is 31.2 Å². The molecule has 0 aliphatic carbocycles. The predicted molar refractivity (Wildman–Crippen MR) is 90.8 cm³/mol. The smallest absolute Gasteiger partial charge is 0.123 e. The van der Waals surface area contributed by atoms with Crippen LogP contribution in [0.15, 0.2) is 36.9 Å². The first-order chi connectivity index (χ1) is 10.2. The molecule has 1 rings (SSSR count). The molecular formula is C18H30N2O. The molecule has 3 heteroatoms. The van der Waals surface area contributed by atoms with Crippen LogP contribution in [-0.2, 0) is 6.54 Å². The van der Waals surface area contributed by atoms with Gasteiger partial charge in [-0.3, -0.25) is 4.90 Å². The van der Waals surface area contributed by atoms with Gasteiger partial charge in [-0.25, -0.2) is 0 Å². The summed E-state index contributed by atoms with van der Waals surface area (Å²) in [6.07, 6.45) is 3.11. The number of hydrogen-bond acceptors (Lipinski definition) is 3. The molecule has 0 saturated carbocycles. The van der Waals surface area contributed by atoms with Gasteiger partial charge in [0.15, 0.2) is 0 Å². The Labute approximate surface area is 130 Å². The second kappa shape index (κ2) is 10.4. The molecule has 0 atom stereocenters. The Bertz CT molecular complexity index is 404. The fraction of sp³-hybridized carbons (Fsp3) is 0.556. The minimum absolute atomic E-state index is 0.477. The Morgan fingerprint density at radius 2 is 2.05 bits per heavy atom. The van der Waals surface area contributed by atoms with Gasteiger partial charge in [0.2, 0.25) is 0 Å². The second-order valence-corrected chi connectivity index (χ2v) is 5.58. The Balaban J connectivity index is 2.48. The molecule has 0 unspecified atom stereocenters. The molecule has 0 saturated heterocycles. The van der Waals surface area contributed by atoms with Gasteiger partial charge >= 0.3 is 0 Å². The number of ether oxygens (including phenoxy) is 1. The van der Waals surface area contributed by atoms with E-state index in [4.69, 9.17) is 4.74 Å². The molecule has 0 bridgehead atoms. The van der Waals surface area contributed by atoms with Gasteiger partial charge in [-0.2, -0.15) is 0 Å². The van der Waals surface area contributed by atoms with Crippen molar-refractivity contribution in [2.45, 2.75) is 39.8 Å². The molecule has 1 aromatic carbocycles. The van der Waals surface area contributed by atoms with E-state index in [2.05, 4.69) is 55.8 Å². The molecule has 0 heterocycles. The van der Waals surface area contributed by atoms with Crippen molar-refractivity contribution in [3.63, 3.8) is 0 Å². The van der Waals surface area contributed by atoms with Crippen LogP contribution in [0.1, 0.15) is 32.8 Å². The maximum atomic E-state index is 5.98. The van der Waals surface area contributed by atoms with E-state index in [1.165, 1.54) is 5.56 Å². The van der Waals surface area contributed by atoms with E-state index in [-0.39, 0.29) is 0 Å². The molecule has 0 aromatic heterocycles. The van der Waals surface area contributed by atoms with Crippen molar-refractivity contribution in [1.82, 2.24) is 10.2 Å². The van der Waals surface area contributed by atoms with Gasteiger partial charge < -0.3 is 10.1 Å². The summed E-state index contributed by atoms with van der Waals surface area (Å²) in [6, 6.07) is 8.74. The first-order valence-electron chi connectivity index (χ1n) is 7.94. The van der Waals surface area contributed by atoms with Crippen LogP contribution in [0.3, 0.4) is 0 Å². The summed E-state index contributed by atoms with van der Waals surface area (Å²) in [7, 11) is 0. The minimum atomic E-state index is 0.477. The summed E-state index contributed by atoms with van der Waals surface area (Å²) >= 11 is 0. The zero-order valence-electron chi connectivity index (χ0n) is 13.8. The van der Waals surface area contributed by atoms with Crippen molar-refractivity contribution >= 4 is 0 Å². The Morgan fingerprint density at radius 3 is 2.71 bits per heavy atom. The molecule has 0 radical (unpaired) electrons. The lowest BCUT2D eigenvalue weighted by atomic mass is 10.2. The summed E-state index contributed by atoms with van der Waals surface area (Å²) < 4.78 is 5.98. The Kier molecular flexibility index (Phi) is 8.79. The van der Waals surface area contributed by atoms with Crippen LogP contribution >= 0.6 is 0 Å². The van der Waals surface area contributed by atoms with Crippen molar-refractivity contribution in [2.24, 2.45) is 0 Å². The summed E-state index contributed by atoms with van der Waals surface area (Å²) in [4.78, 5) is 2.36. The maximum absolute atomic E-state index is 5.98. The summed E-state index contributed by atoms with van der Waals surface area (Å²) in [6.45, 7) is 14.8. The normalized spacial score (nSPS) is 11.1. The Morgan fingerprint density at radius 1 is 1.29 bits per heavy atom. The van der Waals surface area contributed by atoms with Gasteiger partial charge in [0.05, 0.1) is 0 Å². The third kappa shape index (κ3) is 7.30. The lowest BCUT2D eigenvalue weighted by Gasteiger charge is -2.20. The minimum Gasteiger partial charge on any atom is -0.492 e. The molecule has 1 N–H and O–H groups in total. The molecule has 0 aliphatic rings. The number of hydrogen-bond donors (Lipinski definition) is 1. The van der Waals surface area contributed by atoms with E-state index in [1.54, 1.807) is 0 Å². The highest BCUT2D eigenvalue weighted by molar-refractivity contribution is 5.33. The average Bonchev–Trinajstić information content (AvgIpc) is 2.46. The van der Waals surface area contributed by atoms with Crippen molar-refractivity contribution < 1.29 is 4.74 Å². The van der Waals surface area contributed by atoms with Crippen molar-refractivity contribution in [3.8, 4) is 5.75 Å². The van der Waals surface area contributed by atoms with Crippen molar-refractivity contribution in [2.75, 3.05) is 26.2 Å². The van der Waals surface area contributed by atoms with Crippen molar-refractivity contribution in [1.29, 1.82) is 0 Å². The van der Waals surface area contributed by atoms with E-state index >= 15 is 0 Å². The topological polar surface area (TPSA) is 24.5 Å². The van der Waals surface area contributed by atoms with Gasteiger partial charge in [0.1, 0.15) is 12.4 Å². The van der Waals surface area contributed by atoms with Crippen LogP contribution in [0.2, 0.25) is 0 Å². The fourth-order valence-corrected chi connectivity index (χ4v) is 2.18. The number of rotatable bonds is 11. The number of para-hydroxylation sites is 1. The van der Waals surface area contributed by atoms with Crippen LogP contribution in [0, 0.1) is 0 Å². The number of nitrogens with one attached hydrogen (secondary N) is 1. The average molecular weight is 290 g/mol. The molecule has 3 nitrogen and oxygen atoms in total. The number of nitrogens with zero attached hydrogens (tertiary/aromatic N) is 1. The summed E-state index contributed by atoms with van der Waals surface area (Å²) in [5.74, 6) is 0.987. The predicted octanol–water partition coefficient (Wildman–Crippen LogP) is 3.46. The van der Waals surface area contributed by atoms with Crippen molar-refractivity contribution in [3.05, 3.63) is 42.5 Å². The maximum Gasteiger partial charge on any atom is 0.123 e. The van der Waals surface area contributed by atoms with Crippen LogP contribution in [-0.4, -0.2) is 37.2 Å². The summed E-state index contributed by atoms with van der Waals surface area (Å²) in [5, 5.41) is 3.44. The monoisotopic (exact) mass is 290 g/mol. The highest BCUT2D eigenvalue weighted by atomic mass is 16.5. The Hall–Kier alpha value is -1.32. The highest BCUT2D eigenvalue weighted by Crippen LogP contribution is 2.17.